The van der Waals surface area contributed by atoms with Crippen molar-refractivity contribution in [3.05, 3.63) is 23.8 Å². The molecule has 5 heteroatoms. The summed E-state index contributed by atoms with van der Waals surface area (Å²) in [5.74, 6) is 2.19. The minimum atomic E-state index is -0.165. The van der Waals surface area contributed by atoms with Crippen molar-refractivity contribution in [2.45, 2.75) is 25.3 Å². The highest BCUT2D eigenvalue weighted by molar-refractivity contribution is 5.85. The van der Waals surface area contributed by atoms with Crippen LogP contribution in [0.15, 0.2) is 18.2 Å². The Labute approximate surface area is 120 Å². The largest absolute Gasteiger partial charge is 0.493 e. The summed E-state index contributed by atoms with van der Waals surface area (Å²) >= 11 is 0. The van der Waals surface area contributed by atoms with Crippen LogP contribution < -0.4 is 15.2 Å². The summed E-state index contributed by atoms with van der Waals surface area (Å²) in [4.78, 5) is 0. The van der Waals surface area contributed by atoms with Crippen LogP contribution in [0.25, 0.3) is 0 Å². The highest BCUT2D eigenvalue weighted by Crippen LogP contribution is 2.34. The smallest absolute Gasteiger partial charge is 0.161 e. The van der Waals surface area contributed by atoms with Gasteiger partial charge >= 0.3 is 0 Å². The molecule has 19 heavy (non-hydrogen) atoms. The summed E-state index contributed by atoms with van der Waals surface area (Å²) in [7, 11) is 1.63. The molecular weight excluding hydrogens is 266 g/mol. The normalized spacial score (nSPS) is 15.5. The van der Waals surface area contributed by atoms with E-state index in [1.165, 1.54) is 12.8 Å². The first-order chi connectivity index (χ1) is 8.74. The van der Waals surface area contributed by atoms with Crippen molar-refractivity contribution in [3.63, 3.8) is 0 Å². The van der Waals surface area contributed by atoms with Gasteiger partial charge in [0.2, 0.25) is 0 Å². The van der Waals surface area contributed by atoms with Crippen LogP contribution in [-0.2, 0) is 0 Å². The highest BCUT2D eigenvalue weighted by Gasteiger charge is 2.22. The van der Waals surface area contributed by atoms with Crippen molar-refractivity contribution in [3.8, 4) is 11.5 Å². The van der Waals surface area contributed by atoms with Crippen molar-refractivity contribution < 1.29 is 14.6 Å². The fourth-order valence-corrected chi connectivity index (χ4v) is 1.83. The zero-order chi connectivity index (χ0) is 13.0. The molecule has 0 saturated heterocycles. The molecule has 2 rings (SSSR count). The molecule has 1 aliphatic carbocycles. The van der Waals surface area contributed by atoms with Crippen molar-refractivity contribution in [2.24, 2.45) is 11.7 Å². The van der Waals surface area contributed by atoms with Gasteiger partial charge < -0.3 is 20.3 Å². The first kappa shape index (κ1) is 16.1. The van der Waals surface area contributed by atoms with Crippen LogP contribution in [0.2, 0.25) is 0 Å². The molecule has 1 saturated carbocycles. The number of halogens is 1. The van der Waals surface area contributed by atoms with Gasteiger partial charge in [0.1, 0.15) is 0 Å². The highest BCUT2D eigenvalue weighted by atomic mass is 35.5. The molecule has 1 aliphatic rings. The monoisotopic (exact) mass is 287 g/mol. The lowest BCUT2D eigenvalue weighted by Gasteiger charge is -2.15. The van der Waals surface area contributed by atoms with Crippen LogP contribution in [0.5, 0.6) is 11.5 Å². The molecule has 1 aromatic rings. The maximum Gasteiger partial charge on any atom is 0.161 e. The Balaban J connectivity index is 0.00000180. The summed E-state index contributed by atoms with van der Waals surface area (Å²) in [5.41, 5.74) is 6.91. The van der Waals surface area contributed by atoms with E-state index in [2.05, 4.69) is 0 Å². The zero-order valence-electron chi connectivity index (χ0n) is 11.2. The van der Waals surface area contributed by atoms with Gasteiger partial charge in [-0.25, -0.2) is 0 Å². The predicted molar refractivity (Wildman–Crippen MR) is 77.1 cm³/mol. The Morgan fingerprint density at radius 1 is 1.37 bits per heavy atom. The van der Waals surface area contributed by atoms with Crippen LogP contribution in [0, 0.1) is 5.92 Å². The fourth-order valence-electron chi connectivity index (χ4n) is 1.83. The molecule has 1 aromatic carbocycles. The zero-order valence-corrected chi connectivity index (χ0v) is 12.0. The number of nitrogens with two attached hydrogens (primary N) is 1. The molecule has 1 fully saturated rings. The third-order valence-corrected chi connectivity index (χ3v) is 3.23. The topological polar surface area (TPSA) is 64.7 Å². The molecule has 1 unspecified atom stereocenters. The number of hydrogen-bond acceptors (Lipinski definition) is 4. The first-order valence-corrected chi connectivity index (χ1v) is 6.41. The standard InChI is InChI=1S/C14H21NO3.ClH/c1-17-14-8-11(12(15)6-7-16)4-5-13(14)18-9-10-2-3-10;/h4-5,8,10,12,16H,2-3,6-7,9,15H2,1H3;1H. The molecule has 1 atom stereocenters. The van der Waals surface area contributed by atoms with E-state index in [4.69, 9.17) is 20.3 Å². The summed E-state index contributed by atoms with van der Waals surface area (Å²) in [6, 6.07) is 5.56. The van der Waals surface area contributed by atoms with E-state index in [0.29, 0.717) is 18.1 Å². The average Bonchev–Trinajstić information content (AvgIpc) is 3.20. The first-order valence-electron chi connectivity index (χ1n) is 6.41. The molecule has 0 bridgehead atoms. The van der Waals surface area contributed by atoms with Crippen LogP contribution in [0.1, 0.15) is 30.9 Å². The van der Waals surface area contributed by atoms with E-state index >= 15 is 0 Å². The van der Waals surface area contributed by atoms with Crippen molar-refractivity contribution in [1.29, 1.82) is 0 Å². The summed E-state index contributed by atoms with van der Waals surface area (Å²) in [6.45, 7) is 0.849. The predicted octanol–water partition coefficient (Wildman–Crippen LogP) is 2.29. The molecule has 3 N–H and O–H groups in total. The second kappa shape index (κ2) is 7.58. The van der Waals surface area contributed by atoms with Gasteiger partial charge in [0, 0.05) is 12.6 Å². The molecule has 108 valence electrons. The molecular formula is C14H22ClNO3. The molecule has 4 nitrogen and oxygen atoms in total. The molecule has 0 aliphatic heterocycles. The lowest BCUT2D eigenvalue weighted by Crippen LogP contribution is -2.12. The molecule has 0 spiro atoms. The SMILES string of the molecule is COc1cc(C(N)CCO)ccc1OCC1CC1.Cl. The van der Waals surface area contributed by atoms with E-state index in [0.717, 1.165) is 17.9 Å². The number of benzene rings is 1. The van der Waals surface area contributed by atoms with E-state index in [9.17, 15) is 0 Å². The quantitative estimate of drug-likeness (QED) is 0.807. The number of rotatable bonds is 7. The maximum absolute atomic E-state index is 8.90. The van der Waals surface area contributed by atoms with Gasteiger partial charge in [-0.3, -0.25) is 0 Å². The summed E-state index contributed by atoms with van der Waals surface area (Å²) in [5, 5.41) is 8.90. The van der Waals surface area contributed by atoms with Gasteiger partial charge in [0.15, 0.2) is 11.5 Å². The van der Waals surface area contributed by atoms with E-state index in [1.807, 2.05) is 18.2 Å². The Morgan fingerprint density at radius 3 is 2.68 bits per heavy atom. The Morgan fingerprint density at radius 2 is 2.11 bits per heavy atom. The Kier molecular flexibility index (Phi) is 6.42. The van der Waals surface area contributed by atoms with Crippen molar-refractivity contribution >= 4 is 12.4 Å². The van der Waals surface area contributed by atoms with Gasteiger partial charge in [0.25, 0.3) is 0 Å². The number of aliphatic hydroxyl groups is 1. The van der Waals surface area contributed by atoms with Gasteiger partial charge in [-0.1, -0.05) is 6.07 Å². The molecule has 0 heterocycles. The third kappa shape index (κ3) is 4.56. The van der Waals surface area contributed by atoms with Gasteiger partial charge in [0.05, 0.1) is 13.7 Å². The minimum absolute atomic E-state index is 0. The van der Waals surface area contributed by atoms with E-state index < -0.39 is 0 Å². The number of ether oxygens (including phenoxy) is 2. The van der Waals surface area contributed by atoms with Gasteiger partial charge in [-0.15, -0.1) is 12.4 Å². The van der Waals surface area contributed by atoms with Gasteiger partial charge in [-0.05, 0) is 42.9 Å². The van der Waals surface area contributed by atoms with Crippen LogP contribution in [0.4, 0.5) is 0 Å². The fraction of sp³-hybridized carbons (Fsp3) is 0.571. The van der Waals surface area contributed by atoms with Crippen LogP contribution in [0.3, 0.4) is 0 Å². The van der Waals surface area contributed by atoms with E-state index in [1.54, 1.807) is 7.11 Å². The van der Waals surface area contributed by atoms with Crippen LogP contribution >= 0.6 is 12.4 Å². The van der Waals surface area contributed by atoms with Crippen molar-refractivity contribution in [1.82, 2.24) is 0 Å². The Hall–Kier alpha value is -0.970. The minimum Gasteiger partial charge on any atom is -0.493 e. The van der Waals surface area contributed by atoms with Gasteiger partial charge in [-0.2, -0.15) is 0 Å². The van der Waals surface area contributed by atoms with Crippen molar-refractivity contribution in [2.75, 3.05) is 20.3 Å². The van der Waals surface area contributed by atoms with Crippen LogP contribution in [-0.4, -0.2) is 25.4 Å². The number of hydrogen-bond donors (Lipinski definition) is 2. The molecule has 0 amide bonds. The average molecular weight is 288 g/mol. The lowest BCUT2D eigenvalue weighted by molar-refractivity contribution is 0.274. The molecule has 0 aromatic heterocycles. The maximum atomic E-state index is 8.90. The second-order valence-corrected chi connectivity index (χ2v) is 4.78. The summed E-state index contributed by atoms with van der Waals surface area (Å²) in [6.07, 6.45) is 3.08. The summed E-state index contributed by atoms with van der Waals surface area (Å²) < 4.78 is 11.1. The number of aliphatic hydroxyl groups excluding tert-OH is 1. The number of methoxy groups -OCH3 is 1. The van der Waals surface area contributed by atoms with E-state index in [-0.39, 0.29) is 25.1 Å². The molecule has 0 radical (unpaired) electrons. The Bertz CT molecular complexity index is 396. The lowest BCUT2D eigenvalue weighted by atomic mass is 10.0. The second-order valence-electron chi connectivity index (χ2n) is 4.78. The third-order valence-electron chi connectivity index (χ3n) is 3.23.